The van der Waals surface area contributed by atoms with Crippen molar-refractivity contribution in [3.63, 3.8) is 0 Å². The van der Waals surface area contributed by atoms with Gasteiger partial charge in [0.1, 0.15) is 11.5 Å². The molecule has 0 aliphatic heterocycles. The lowest BCUT2D eigenvalue weighted by Gasteiger charge is -2.52. The summed E-state index contributed by atoms with van der Waals surface area (Å²) in [6, 6.07) is 18.4. The van der Waals surface area contributed by atoms with E-state index in [1.807, 2.05) is 18.2 Å². The largest absolute Gasteiger partial charge is 0.370 e. The molecule has 0 unspecified atom stereocenters. The molecule has 8 rings (SSSR count). The number of hydrogen-bond donors (Lipinski definition) is 0. The molecule has 184 valence electrons. The van der Waals surface area contributed by atoms with Gasteiger partial charge in [-0.25, -0.2) is 0 Å². The second-order valence-corrected chi connectivity index (χ2v) is 11.7. The Bertz CT molecular complexity index is 1410. The summed E-state index contributed by atoms with van der Waals surface area (Å²) in [6.45, 7) is 0.480. The van der Waals surface area contributed by atoms with E-state index in [1.54, 1.807) is 0 Å². The first kappa shape index (κ1) is 22.8. The van der Waals surface area contributed by atoms with Crippen molar-refractivity contribution < 1.29 is 9.26 Å². The molecule has 0 amide bonds. The van der Waals surface area contributed by atoms with Crippen LogP contribution >= 0.6 is 23.2 Å². The lowest BCUT2D eigenvalue weighted by Crippen LogP contribution is -2.50. The van der Waals surface area contributed by atoms with Gasteiger partial charge in [-0.1, -0.05) is 58.7 Å². The van der Waals surface area contributed by atoms with Crippen LogP contribution in [-0.4, -0.2) is 15.7 Å². The number of para-hydroxylation sites is 1. The lowest BCUT2D eigenvalue weighted by molar-refractivity contribution is -0.127. The number of hydrogen-bond acceptors (Lipinski definition) is 4. The van der Waals surface area contributed by atoms with Crippen molar-refractivity contribution in [3.8, 4) is 11.3 Å². The van der Waals surface area contributed by atoms with Crippen LogP contribution in [0.3, 0.4) is 0 Å². The first-order valence-corrected chi connectivity index (χ1v) is 13.7. The average molecular weight is 519 g/mol. The van der Waals surface area contributed by atoms with E-state index in [-0.39, 0.29) is 11.0 Å². The Balaban J connectivity index is 1.13. The fourth-order valence-corrected chi connectivity index (χ4v) is 6.96. The second-order valence-electron chi connectivity index (χ2n) is 10.9. The topological polar surface area (TPSA) is 48.2 Å². The van der Waals surface area contributed by atoms with Crippen LogP contribution in [0.2, 0.25) is 10.0 Å². The van der Waals surface area contributed by atoms with Crippen molar-refractivity contribution in [1.82, 2.24) is 10.1 Å². The number of benzene rings is 2. The molecule has 4 saturated carbocycles. The maximum atomic E-state index is 6.81. The molecule has 2 aromatic carbocycles. The van der Waals surface area contributed by atoms with Crippen LogP contribution < -0.4 is 0 Å². The molecule has 4 nitrogen and oxygen atoms in total. The Morgan fingerprint density at radius 3 is 2.31 bits per heavy atom. The van der Waals surface area contributed by atoms with Gasteiger partial charge in [0, 0.05) is 33.5 Å². The van der Waals surface area contributed by atoms with Gasteiger partial charge in [-0.2, -0.15) is 0 Å². The Kier molecular flexibility index (Phi) is 5.43. The van der Waals surface area contributed by atoms with Gasteiger partial charge in [-0.3, -0.25) is 4.98 Å². The molecule has 0 radical (unpaired) electrons. The number of pyridine rings is 1. The van der Waals surface area contributed by atoms with Crippen LogP contribution in [0.5, 0.6) is 0 Å². The molecular weight excluding hydrogens is 491 g/mol. The van der Waals surface area contributed by atoms with Gasteiger partial charge < -0.3 is 9.26 Å². The molecule has 2 heterocycles. The fourth-order valence-electron chi connectivity index (χ4n) is 6.39. The Morgan fingerprint density at radius 2 is 1.58 bits per heavy atom. The number of fused-ring (bicyclic) bond motifs is 4. The molecule has 4 aliphatic rings. The minimum absolute atomic E-state index is 0.0990. The third-order valence-corrected chi connectivity index (χ3v) is 9.44. The minimum atomic E-state index is -0.0990. The highest BCUT2D eigenvalue weighted by Gasteiger charge is 2.51. The molecule has 2 aromatic heterocycles. The summed E-state index contributed by atoms with van der Waals surface area (Å²) in [4.78, 5) is 5.09. The standard InChI is InChI=1S/C30H28Cl2N2O2/c31-22-5-3-6-23(32)26(22)27-21(28(36-34-27)20-8-9-20)18-35-30-15-12-29(13-16-30,14-17-30)25-11-10-19-4-1-2-7-24(19)33-25/h1-7,10-11,20H,8-9,12-18H2. The highest BCUT2D eigenvalue weighted by Crippen LogP contribution is 2.55. The van der Waals surface area contributed by atoms with Gasteiger partial charge in [0.25, 0.3) is 0 Å². The summed E-state index contributed by atoms with van der Waals surface area (Å²) in [5.74, 6) is 1.37. The number of halogens is 2. The van der Waals surface area contributed by atoms with E-state index in [0.717, 1.165) is 79.5 Å². The first-order valence-electron chi connectivity index (χ1n) is 13.0. The maximum absolute atomic E-state index is 6.81. The van der Waals surface area contributed by atoms with Crippen LogP contribution in [0.15, 0.2) is 59.1 Å². The van der Waals surface area contributed by atoms with E-state index < -0.39 is 0 Å². The molecule has 6 heteroatoms. The van der Waals surface area contributed by atoms with E-state index in [4.69, 9.17) is 37.4 Å². The van der Waals surface area contributed by atoms with E-state index >= 15 is 0 Å². The van der Waals surface area contributed by atoms with Crippen LogP contribution in [0.25, 0.3) is 22.2 Å². The van der Waals surface area contributed by atoms with Gasteiger partial charge >= 0.3 is 0 Å². The Morgan fingerprint density at radius 1 is 0.861 bits per heavy atom. The lowest BCUT2D eigenvalue weighted by atomic mass is 9.57. The smallest absolute Gasteiger partial charge is 0.145 e. The van der Waals surface area contributed by atoms with Gasteiger partial charge in [0.05, 0.1) is 27.8 Å². The van der Waals surface area contributed by atoms with Crippen LogP contribution in [0.1, 0.15) is 74.3 Å². The van der Waals surface area contributed by atoms with Gasteiger partial charge in [-0.15, -0.1) is 0 Å². The average Bonchev–Trinajstić information content (AvgIpc) is 3.68. The molecule has 36 heavy (non-hydrogen) atoms. The summed E-state index contributed by atoms with van der Waals surface area (Å²) >= 11 is 13.1. The van der Waals surface area contributed by atoms with Gasteiger partial charge in [-0.05, 0) is 75.6 Å². The molecule has 0 N–H and O–H groups in total. The minimum Gasteiger partial charge on any atom is -0.370 e. The van der Waals surface area contributed by atoms with Gasteiger partial charge in [0.2, 0.25) is 0 Å². The number of aromatic nitrogens is 2. The Labute approximate surface area is 220 Å². The normalized spacial score (nSPS) is 25.5. The van der Waals surface area contributed by atoms with Crippen molar-refractivity contribution in [2.75, 3.05) is 0 Å². The predicted octanol–water partition coefficient (Wildman–Crippen LogP) is 8.64. The number of ether oxygens (including phenoxy) is 1. The van der Waals surface area contributed by atoms with Crippen molar-refractivity contribution >= 4 is 34.1 Å². The summed E-state index contributed by atoms with van der Waals surface area (Å²) in [7, 11) is 0. The van der Waals surface area contributed by atoms with Crippen molar-refractivity contribution in [2.24, 2.45) is 0 Å². The molecule has 4 aromatic rings. The van der Waals surface area contributed by atoms with Crippen molar-refractivity contribution in [2.45, 2.75) is 74.9 Å². The molecule has 2 bridgehead atoms. The SMILES string of the molecule is Clc1cccc(Cl)c1-c1noc(C2CC2)c1COC12CCC(c3ccc4ccccc4n3)(CC1)CC2. The van der Waals surface area contributed by atoms with Crippen molar-refractivity contribution in [3.05, 3.63) is 81.7 Å². The van der Waals surface area contributed by atoms with E-state index in [0.29, 0.717) is 22.6 Å². The Hall–Kier alpha value is -2.40. The highest BCUT2D eigenvalue weighted by molar-refractivity contribution is 6.39. The van der Waals surface area contributed by atoms with E-state index in [2.05, 4.69) is 41.6 Å². The summed E-state index contributed by atoms with van der Waals surface area (Å²) in [5, 5.41) is 6.81. The zero-order valence-electron chi connectivity index (χ0n) is 20.1. The predicted molar refractivity (Wildman–Crippen MR) is 143 cm³/mol. The molecule has 4 aliphatic carbocycles. The fraction of sp³-hybridized carbons (Fsp3) is 0.400. The molecule has 4 fully saturated rings. The number of rotatable bonds is 6. The van der Waals surface area contributed by atoms with Crippen LogP contribution in [-0.2, 0) is 16.8 Å². The third-order valence-electron chi connectivity index (χ3n) is 8.81. The molecule has 0 saturated heterocycles. The van der Waals surface area contributed by atoms with Gasteiger partial charge in [0.15, 0.2) is 0 Å². The van der Waals surface area contributed by atoms with E-state index in [1.165, 1.54) is 11.1 Å². The second kappa shape index (κ2) is 8.58. The molecule has 0 atom stereocenters. The molecular formula is C30H28Cl2N2O2. The summed E-state index contributed by atoms with van der Waals surface area (Å²) in [5.41, 5.74) is 4.89. The maximum Gasteiger partial charge on any atom is 0.145 e. The number of nitrogens with zero attached hydrogens (tertiary/aromatic N) is 2. The van der Waals surface area contributed by atoms with E-state index in [9.17, 15) is 0 Å². The first-order chi connectivity index (χ1) is 17.6. The summed E-state index contributed by atoms with van der Waals surface area (Å²) in [6.07, 6.45) is 8.74. The zero-order chi connectivity index (χ0) is 24.3. The van der Waals surface area contributed by atoms with Crippen LogP contribution in [0, 0.1) is 0 Å². The third kappa shape index (κ3) is 3.77. The zero-order valence-corrected chi connectivity index (χ0v) is 21.6. The highest BCUT2D eigenvalue weighted by atomic mass is 35.5. The van der Waals surface area contributed by atoms with Crippen LogP contribution in [0.4, 0.5) is 0 Å². The quantitative estimate of drug-likeness (QED) is 0.256. The summed E-state index contributed by atoms with van der Waals surface area (Å²) < 4.78 is 12.7. The van der Waals surface area contributed by atoms with Crippen molar-refractivity contribution in [1.29, 1.82) is 0 Å². The molecule has 0 spiro atoms. The monoisotopic (exact) mass is 518 g/mol.